The van der Waals surface area contributed by atoms with Crippen molar-refractivity contribution in [3.05, 3.63) is 12.4 Å². The van der Waals surface area contributed by atoms with Gasteiger partial charge < -0.3 is 9.80 Å². The third-order valence-electron chi connectivity index (χ3n) is 7.13. The second-order valence-electron chi connectivity index (χ2n) is 8.55. The number of hydrogen-bond donors (Lipinski definition) is 0. The topological polar surface area (TPSA) is 35.5 Å². The average molecular weight is 342 g/mol. The van der Waals surface area contributed by atoms with Crippen LogP contribution in [0.3, 0.4) is 0 Å². The molecule has 4 aliphatic rings. The summed E-state index contributed by atoms with van der Waals surface area (Å²) in [7, 11) is 0. The molecule has 3 atom stereocenters. The van der Waals surface area contributed by atoms with Crippen LogP contribution in [0.5, 0.6) is 0 Å². The highest BCUT2D eigenvalue weighted by Crippen LogP contribution is 2.46. The van der Waals surface area contributed by atoms with Crippen molar-refractivity contribution in [2.75, 3.05) is 49.1 Å². The minimum Gasteiger partial charge on any atom is -0.356 e. The molecular weight excluding hydrogens is 310 g/mol. The monoisotopic (exact) mass is 341 g/mol. The fourth-order valence-corrected chi connectivity index (χ4v) is 5.75. The van der Waals surface area contributed by atoms with Gasteiger partial charge in [-0.1, -0.05) is 6.42 Å². The molecule has 5 rings (SSSR count). The smallest absolute Gasteiger partial charge is 0.134 e. The van der Waals surface area contributed by atoms with Crippen LogP contribution in [0, 0.1) is 11.8 Å². The Morgan fingerprint density at radius 1 is 0.760 bits per heavy atom. The Hall–Kier alpha value is -1.36. The summed E-state index contributed by atoms with van der Waals surface area (Å²) in [6.07, 6.45) is 11.7. The van der Waals surface area contributed by atoms with Gasteiger partial charge in [-0.2, -0.15) is 0 Å². The van der Waals surface area contributed by atoms with E-state index in [1.807, 2.05) is 0 Å². The van der Waals surface area contributed by atoms with Gasteiger partial charge in [0.15, 0.2) is 0 Å². The Labute approximate surface area is 151 Å². The summed E-state index contributed by atoms with van der Waals surface area (Å²) in [6.45, 7) is 6.94. The lowest BCUT2D eigenvalue weighted by atomic mass is 9.93. The van der Waals surface area contributed by atoms with Crippen LogP contribution >= 0.6 is 0 Å². The number of aromatic nitrogens is 2. The third kappa shape index (κ3) is 3.12. The standard InChI is InChI=1S/C20H31N5/c1-2-6-24(7-3-1)19-14-20(22-15-21-19)25-10-8-23(9-11-25)18-13-16-4-5-17(18)12-16/h14-18H,1-13H2. The molecule has 0 aromatic carbocycles. The minimum atomic E-state index is 0.884. The minimum absolute atomic E-state index is 0.884. The molecule has 2 bridgehead atoms. The SMILES string of the molecule is c1nc(N2CCCCC2)cc(N2CCN(C3CC4CCC3C4)CC2)n1. The second kappa shape index (κ2) is 6.75. The number of fused-ring (bicyclic) bond motifs is 2. The normalized spacial score (nSPS) is 33.2. The van der Waals surface area contributed by atoms with Crippen molar-refractivity contribution in [2.45, 2.75) is 51.0 Å². The van der Waals surface area contributed by atoms with Gasteiger partial charge in [0.1, 0.15) is 18.0 Å². The molecule has 25 heavy (non-hydrogen) atoms. The van der Waals surface area contributed by atoms with Gasteiger partial charge in [-0.05, 0) is 50.4 Å². The van der Waals surface area contributed by atoms with Crippen molar-refractivity contribution < 1.29 is 0 Å². The summed E-state index contributed by atoms with van der Waals surface area (Å²) < 4.78 is 0. The zero-order valence-electron chi connectivity index (χ0n) is 15.3. The molecule has 0 spiro atoms. The van der Waals surface area contributed by atoms with Crippen LogP contribution in [-0.4, -0.2) is 60.2 Å². The first-order valence-corrected chi connectivity index (χ1v) is 10.4. The summed E-state index contributed by atoms with van der Waals surface area (Å²) in [5, 5.41) is 0. The predicted molar refractivity (Wildman–Crippen MR) is 101 cm³/mol. The summed E-state index contributed by atoms with van der Waals surface area (Å²) in [6, 6.07) is 3.11. The lowest BCUT2D eigenvalue weighted by Crippen LogP contribution is -2.52. The summed E-state index contributed by atoms with van der Waals surface area (Å²) >= 11 is 0. The maximum absolute atomic E-state index is 4.59. The lowest BCUT2D eigenvalue weighted by Gasteiger charge is -2.41. The van der Waals surface area contributed by atoms with Gasteiger partial charge in [0.05, 0.1) is 0 Å². The van der Waals surface area contributed by atoms with E-state index in [-0.39, 0.29) is 0 Å². The van der Waals surface area contributed by atoms with E-state index in [1.165, 1.54) is 58.0 Å². The fraction of sp³-hybridized carbons (Fsp3) is 0.800. The largest absolute Gasteiger partial charge is 0.356 e. The highest BCUT2D eigenvalue weighted by Gasteiger charge is 2.42. The quantitative estimate of drug-likeness (QED) is 0.845. The maximum atomic E-state index is 4.59. The molecule has 4 fully saturated rings. The van der Waals surface area contributed by atoms with Crippen LogP contribution in [0.15, 0.2) is 12.4 Å². The molecule has 2 saturated heterocycles. The molecule has 2 saturated carbocycles. The number of rotatable bonds is 3. The molecule has 3 heterocycles. The van der Waals surface area contributed by atoms with Crippen LogP contribution in [0.2, 0.25) is 0 Å². The molecule has 0 N–H and O–H groups in total. The molecule has 5 nitrogen and oxygen atoms in total. The van der Waals surface area contributed by atoms with E-state index in [1.54, 1.807) is 6.33 Å². The van der Waals surface area contributed by atoms with E-state index in [0.29, 0.717) is 0 Å². The first kappa shape index (κ1) is 15.9. The van der Waals surface area contributed by atoms with Crippen LogP contribution in [0.25, 0.3) is 0 Å². The van der Waals surface area contributed by atoms with Crippen molar-refractivity contribution in [2.24, 2.45) is 11.8 Å². The molecular formula is C20H31N5. The Kier molecular flexibility index (Phi) is 4.28. The van der Waals surface area contributed by atoms with Crippen molar-refractivity contribution in [1.29, 1.82) is 0 Å². The van der Waals surface area contributed by atoms with Crippen LogP contribution in [0.1, 0.15) is 44.9 Å². The van der Waals surface area contributed by atoms with Gasteiger partial charge >= 0.3 is 0 Å². The molecule has 0 radical (unpaired) electrons. The number of anilines is 2. The summed E-state index contributed by atoms with van der Waals surface area (Å²) in [5.41, 5.74) is 0. The van der Waals surface area contributed by atoms with Crippen molar-refractivity contribution in [3.63, 3.8) is 0 Å². The summed E-state index contributed by atoms with van der Waals surface area (Å²) in [4.78, 5) is 16.8. The predicted octanol–water partition coefficient (Wildman–Crippen LogP) is 2.78. The fourth-order valence-electron chi connectivity index (χ4n) is 5.75. The van der Waals surface area contributed by atoms with Crippen molar-refractivity contribution in [1.82, 2.24) is 14.9 Å². The van der Waals surface area contributed by atoms with E-state index >= 15 is 0 Å². The van der Waals surface area contributed by atoms with E-state index in [0.717, 1.165) is 55.7 Å². The first-order valence-electron chi connectivity index (χ1n) is 10.4. The number of piperazine rings is 1. The molecule has 3 unspecified atom stereocenters. The second-order valence-corrected chi connectivity index (χ2v) is 8.55. The average Bonchev–Trinajstić information content (AvgIpc) is 3.33. The molecule has 136 valence electrons. The van der Waals surface area contributed by atoms with Crippen LogP contribution < -0.4 is 9.80 Å². The molecule has 1 aromatic rings. The van der Waals surface area contributed by atoms with Gasteiger partial charge in [0, 0.05) is 51.4 Å². The molecule has 5 heteroatoms. The maximum Gasteiger partial charge on any atom is 0.134 e. The molecule has 0 amide bonds. The van der Waals surface area contributed by atoms with Crippen LogP contribution in [0.4, 0.5) is 11.6 Å². The first-order chi connectivity index (χ1) is 12.4. The van der Waals surface area contributed by atoms with Crippen molar-refractivity contribution in [3.8, 4) is 0 Å². The van der Waals surface area contributed by atoms with Crippen molar-refractivity contribution >= 4 is 11.6 Å². The van der Waals surface area contributed by atoms with Gasteiger partial charge in [-0.3, -0.25) is 4.90 Å². The Bertz CT molecular complexity index is 592. The lowest BCUT2D eigenvalue weighted by molar-refractivity contribution is 0.134. The zero-order chi connectivity index (χ0) is 16.6. The molecule has 1 aromatic heterocycles. The van der Waals surface area contributed by atoms with Gasteiger partial charge in [0.2, 0.25) is 0 Å². The highest BCUT2D eigenvalue weighted by atomic mass is 15.3. The van der Waals surface area contributed by atoms with Crippen LogP contribution in [-0.2, 0) is 0 Å². The number of nitrogens with zero attached hydrogens (tertiary/aromatic N) is 5. The van der Waals surface area contributed by atoms with Gasteiger partial charge in [-0.25, -0.2) is 9.97 Å². The van der Waals surface area contributed by atoms with Gasteiger partial charge in [-0.15, -0.1) is 0 Å². The summed E-state index contributed by atoms with van der Waals surface area (Å²) in [5.74, 6) is 4.30. The highest BCUT2D eigenvalue weighted by molar-refractivity contribution is 5.50. The Morgan fingerprint density at radius 3 is 2.12 bits per heavy atom. The molecule has 2 aliphatic heterocycles. The number of piperidine rings is 1. The third-order valence-corrected chi connectivity index (χ3v) is 7.13. The van der Waals surface area contributed by atoms with E-state index < -0.39 is 0 Å². The van der Waals surface area contributed by atoms with E-state index in [4.69, 9.17) is 0 Å². The van der Waals surface area contributed by atoms with E-state index in [9.17, 15) is 0 Å². The Balaban J connectivity index is 1.22. The van der Waals surface area contributed by atoms with Gasteiger partial charge in [0.25, 0.3) is 0 Å². The Morgan fingerprint density at radius 2 is 1.48 bits per heavy atom. The van der Waals surface area contributed by atoms with E-state index in [2.05, 4.69) is 30.7 Å². The molecule has 2 aliphatic carbocycles. The zero-order valence-corrected chi connectivity index (χ0v) is 15.3. The number of hydrogen-bond acceptors (Lipinski definition) is 5.